The summed E-state index contributed by atoms with van der Waals surface area (Å²) in [4.78, 5) is 12.8. The minimum absolute atomic E-state index is 0.0369. The van der Waals surface area contributed by atoms with Gasteiger partial charge in [0.25, 0.3) is 0 Å². The number of ether oxygens (including phenoxy) is 1. The molecule has 0 aliphatic rings. The van der Waals surface area contributed by atoms with Gasteiger partial charge in [-0.2, -0.15) is 0 Å². The molecule has 1 amide bonds. The van der Waals surface area contributed by atoms with Crippen LogP contribution in [0.1, 0.15) is 12.0 Å². The normalized spacial score (nSPS) is 10.1. The second-order valence-corrected chi connectivity index (χ2v) is 4.23. The van der Waals surface area contributed by atoms with Crippen LogP contribution in [0.25, 0.3) is 0 Å². The summed E-state index contributed by atoms with van der Waals surface area (Å²) in [7, 11) is 1.75. The summed E-state index contributed by atoms with van der Waals surface area (Å²) < 4.78 is 5.58. The zero-order chi connectivity index (χ0) is 12.7. The van der Waals surface area contributed by atoms with Crippen molar-refractivity contribution in [3.8, 4) is 5.75 Å². The van der Waals surface area contributed by atoms with Gasteiger partial charge in [0.15, 0.2) is 0 Å². The fourth-order valence-electron chi connectivity index (χ4n) is 1.42. The van der Waals surface area contributed by atoms with E-state index in [2.05, 4.69) is 0 Å². The van der Waals surface area contributed by atoms with Gasteiger partial charge in [-0.1, -0.05) is 12.1 Å². The van der Waals surface area contributed by atoms with Crippen LogP contribution in [0.15, 0.2) is 24.3 Å². The number of benzene rings is 1. The lowest BCUT2D eigenvalue weighted by atomic mass is 10.2. The first-order valence-electron chi connectivity index (χ1n) is 5.63. The molecule has 0 unspecified atom stereocenters. The average Bonchev–Trinajstić information content (AvgIpc) is 2.33. The number of amides is 1. The molecule has 94 valence electrons. The number of hydrogen-bond donors (Lipinski definition) is 0. The van der Waals surface area contributed by atoms with Gasteiger partial charge in [0.05, 0.1) is 6.61 Å². The molecular weight excluding hydrogens is 238 g/mol. The Balaban J connectivity index is 2.22. The highest BCUT2D eigenvalue weighted by Crippen LogP contribution is 2.12. The Labute approximate surface area is 107 Å². The molecule has 0 N–H and O–H groups in total. The molecule has 0 atom stereocenters. The lowest BCUT2D eigenvalue weighted by molar-refractivity contribution is -0.127. The summed E-state index contributed by atoms with van der Waals surface area (Å²) in [5, 5.41) is 0. The third kappa shape index (κ3) is 5.09. The Bertz CT molecular complexity index is 368. The van der Waals surface area contributed by atoms with E-state index in [4.69, 9.17) is 16.3 Å². The van der Waals surface area contributed by atoms with Crippen LogP contribution in [-0.4, -0.2) is 36.9 Å². The van der Waals surface area contributed by atoms with Gasteiger partial charge in [0.2, 0.25) is 5.91 Å². The van der Waals surface area contributed by atoms with Crippen LogP contribution in [0.3, 0.4) is 0 Å². The number of rotatable bonds is 6. The third-order valence-corrected chi connectivity index (χ3v) is 2.66. The van der Waals surface area contributed by atoms with Crippen molar-refractivity contribution in [3.63, 3.8) is 0 Å². The molecule has 1 aromatic carbocycles. The van der Waals surface area contributed by atoms with Gasteiger partial charge in [-0.15, -0.1) is 11.6 Å². The Morgan fingerprint density at radius 2 is 2.24 bits per heavy atom. The molecule has 0 heterocycles. The SMILES string of the molecule is Cc1cccc(OCCCN(C)C(=O)CCl)c1. The van der Waals surface area contributed by atoms with Crippen molar-refractivity contribution in [2.45, 2.75) is 13.3 Å². The lowest BCUT2D eigenvalue weighted by Crippen LogP contribution is -2.29. The predicted molar refractivity (Wildman–Crippen MR) is 69.6 cm³/mol. The first-order chi connectivity index (χ1) is 8.13. The topological polar surface area (TPSA) is 29.5 Å². The second kappa shape index (κ2) is 7.17. The molecule has 0 saturated heterocycles. The fraction of sp³-hybridized carbons (Fsp3) is 0.462. The Hall–Kier alpha value is -1.22. The van der Waals surface area contributed by atoms with E-state index >= 15 is 0 Å². The van der Waals surface area contributed by atoms with Crippen LogP contribution in [-0.2, 0) is 4.79 Å². The molecule has 0 spiro atoms. The largest absolute Gasteiger partial charge is 0.494 e. The predicted octanol–water partition coefficient (Wildman–Crippen LogP) is 2.46. The summed E-state index contributed by atoms with van der Waals surface area (Å²) in [6, 6.07) is 7.92. The molecular formula is C13H18ClNO2. The molecule has 3 nitrogen and oxygen atoms in total. The number of halogens is 1. The maximum absolute atomic E-state index is 11.2. The number of alkyl halides is 1. The molecule has 1 rings (SSSR count). The maximum Gasteiger partial charge on any atom is 0.237 e. The molecule has 0 bridgehead atoms. The zero-order valence-corrected chi connectivity index (χ0v) is 11.0. The number of nitrogens with zero attached hydrogens (tertiary/aromatic N) is 1. The van der Waals surface area contributed by atoms with E-state index in [-0.39, 0.29) is 11.8 Å². The summed E-state index contributed by atoms with van der Waals surface area (Å²) in [5.41, 5.74) is 1.18. The van der Waals surface area contributed by atoms with E-state index in [1.165, 1.54) is 5.56 Å². The first kappa shape index (κ1) is 13.8. The van der Waals surface area contributed by atoms with Crippen molar-refractivity contribution >= 4 is 17.5 Å². The zero-order valence-electron chi connectivity index (χ0n) is 10.3. The average molecular weight is 256 g/mol. The van der Waals surface area contributed by atoms with Crippen LogP contribution in [0.4, 0.5) is 0 Å². The van der Waals surface area contributed by atoms with Gasteiger partial charge in [0.1, 0.15) is 11.6 Å². The molecule has 4 heteroatoms. The lowest BCUT2D eigenvalue weighted by Gasteiger charge is -2.15. The minimum Gasteiger partial charge on any atom is -0.494 e. The fourth-order valence-corrected chi connectivity index (χ4v) is 1.63. The standard InChI is InChI=1S/C13H18ClNO2/c1-11-5-3-6-12(9-11)17-8-4-7-15(2)13(16)10-14/h3,5-6,9H,4,7-8,10H2,1-2H3. The molecule has 0 aliphatic carbocycles. The maximum atomic E-state index is 11.2. The van der Waals surface area contributed by atoms with E-state index in [9.17, 15) is 4.79 Å². The van der Waals surface area contributed by atoms with Crippen molar-refractivity contribution in [1.29, 1.82) is 0 Å². The van der Waals surface area contributed by atoms with E-state index in [1.54, 1.807) is 11.9 Å². The highest BCUT2D eigenvalue weighted by molar-refractivity contribution is 6.27. The molecule has 0 fully saturated rings. The van der Waals surface area contributed by atoms with Gasteiger partial charge < -0.3 is 9.64 Å². The first-order valence-corrected chi connectivity index (χ1v) is 6.16. The molecule has 0 saturated carbocycles. The molecule has 0 radical (unpaired) electrons. The van der Waals surface area contributed by atoms with E-state index in [0.29, 0.717) is 13.2 Å². The summed E-state index contributed by atoms with van der Waals surface area (Å²) in [5.74, 6) is 0.855. The number of carbonyl (C=O) groups excluding carboxylic acids is 1. The van der Waals surface area contributed by atoms with E-state index in [1.807, 2.05) is 31.2 Å². The van der Waals surface area contributed by atoms with Gasteiger partial charge in [0, 0.05) is 13.6 Å². The number of aryl methyl sites for hydroxylation is 1. The summed E-state index contributed by atoms with van der Waals surface area (Å²) in [6.07, 6.45) is 0.799. The van der Waals surface area contributed by atoms with E-state index in [0.717, 1.165) is 12.2 Å². The highest BCUT2D eigenvalue weighted by Gasteiger charge is 2.05. The Morgan fingerprint density at radius 3 is 2.88 bits per heavy atom. The molecule has 1 aromatic rings. The van der Waals surface area contributed by atoms with Crippen molar-refractivity contribution in [2.24, 2.45) is 0 Å². The monoisotopic (exact) mass is 255 g/mol. The molecule has 0 aromatic heterocycles. The smallest absolute Gasteiger partial charge is 0.237 e. The second-order valence-electron chi connectivity index (χ2n) is 3.97. The van der Waals surface area contributed by atoms with Gasteiger partial charge >= 0.3 is 0 Å². The Kier molecular flexibility index (Phi) is 5.84. The van der Waals surface area contributed by atoms with Crippen molar-refractivity contribution < 1.29 is 9.53 Å². The molecule has 0 aliphatic heterocycles. The van der Waals surface area contributed by atoms with Crippen molar-refractivity contribution in [1.82, 2.24) is 4.90 Å². The summed E-state index contributed by atoms with van der Waals surface area (Å²) >= 11 is 5.45. The van der Waals surface area contributed by atoms with Gasteiger partial charge in [-0.05, 0) is 31.0 Å². The van der Waals surface area contributed by atoms with Crippen molar-refractivity contribution in [3.05, 3.63) is 29.8 Å². The van der Waals surface area contributed by atoms with Gasteiger partial charge in [-0.3, -0.25) is 4.79 Å². The number of carbonyl (C=O) groups is 1. The Morgan fingerprint density at radius 1 is 1.47 bits per heavy atom. The van der Waals surface area contributed by atoms with Crippen LogP contribution >= 0.6 is 11.6 Å². The van der Waals surface area contributed by atoms with Crippen LogP contribution in [0.2, 0.25) is 0 Å². The number of hydrogen-bond acceptors (Lipinski definition) is 2. The van der Waals surface area contributed by atoms with Gasteiger partial charge in [-0.25, -0.2) is 0 Å². The van der Waals surface area contributed by atoms with E-state index < -0.39 is 0 Å². The van der Waals surface area contributed by atoms with Crippen LogP contribution in [0, 0.1) is 6.92 Å². The molecule has 17 heavy (non-hydrogen) atoms. The minimum atomic E-state index is -0.0535. The highest BCUT2D eigenvalue weighted by atomic mass is 35.5. The summed E-state index contributed by atoms with van der Waals surface area (Å²) in [6.45, 7) is 3.29. The third-order valence-electron chi connectivity index (χ3n) is 2.44. The van der Waals surface area contributed by atoms with Crippen molar-refractivity contribution in [2.75, 3.05) is 26.1 Å². The van der Waals surface area contributed by atoms with Crippen LogP contribution in [0.5, 0.6) is 5.75 Å². The van der Waals surface area contributed by atoms with Crippen LogP contribution < -0.4 is 4.74 Å². The quantitative estimate of drug-likeness (QED) is 0.577.